The van der Waals surface area contributed by atoms with E-state index in [9.17, 15) is 0 Å². The summed E-state index contributed by atoms with van der Waals surface area (Å²) in [6.07, 6.45) is 3.00. The summed E-state index contributed by atoms with van der Waals surface area (Å²) in [5, 5.41) is 3.99. The van der Waals surface area contributed by atoms with Crippen LogP contribution < -0.4 is 5.73 Å². The van der Waals surface area contributed by atoms with Gasteiger partial charge in [0.25, 0.3) is 5.89 Å². The SMILES string of the molecule is NC1(c2noc(-c3cc(Br)sc3Br)n2)CCC1. The Bertz CT molecular complexity index is 562. The minimum absolute atomic E-state index is 0.374. The third kappa shape index (κ3) is 1.99. The predicted molar refractivity (Wildman–Crippen MR) is 72.7 cm³/mol. The number of nitrogens with two attached hydrogens (primary N) is 1. The second kappa shape index (κ2) is 4.15. The molecule has 1 saturated carbocycles. The zero-order valence-corrected chi connectivity index (χ0v) is 12.7. The highest BCUT2D eigenvalue weighted by Gasteiger charge is 2.39. The van der Waals surface area contributed by atoms with Crippen LogP contribution in [0.3, 0.4) is 0 Å². The van der Waals surface area contributed by atoms with Gasteiger partial charge in [0.2, 0.25) is 0 Å². The van der Waals surface area contributed by atoms with Crippen molar-refractivity contribution in [2.75, 3.05) is 0 Å². The summed E-state index contributed by atoms with van der Waals surface area (Å²) in [7, 11) is 0. The van der Waals surface area contributed by atoms with Crippen LogP contribution in [0.15, 0.2) is 18.2 Å². The van der Waals surface area contributed by atoms with Crippen molar-refractivity contribution >= 4 is 43.2 Å². The molecular formula is C10H9Br2N3OS. The van der Waals surface area contributed by atoms with Gasteiger partial charge < -0.3 is 10.3 Å². The van der Waals surface area contributed by atoms with Gasteiger partial charge in [0, 0.05) is 0 Å². The van der Waals surface area contributed by atoms with Crippen LogP contribution in [0.4, 0.5) is 0 Å². The first-order chi connectivity index (χ1) is 8.08. The van der Waals surface area contributed by atoms with E-state index >= 15 is 0 Å². The van der Waals surface area contributed by atoms with Gasteiger partial charge in [-0.2, -0.15) is 4.98 Å². The molecule has 90 valence electrons. The standard InChI is InChI=1S/C10H9Br2N3OS/c11-6-4-5(7(12)17-6)8-14-9(15-16-8)10(13)2-1-3-10/h4H,1-3,13H2. The summed E-state index contributed by atoms with van der Waals surface area (Å²) in [6, 6.07) is 1.95. The van der Waals surface area contributed by atoms with Gasteiger partial charge in [-0.25, -0.2) is 0 Å². The summed E-state index contributed by atoms with van der Waals surface area (Å²) in [5.74, 6) is 1.14. The molecule has 4 nitrogen and oxygen atoms in total. The van der Waals surface area contributed by atoms with Crippen molar-refractivity contribution in [1.82, 2.24) is 10.1 Å². The first-order valence-electron chi connectivity index (χ1n) is 5.17. The van der Waals surface area contributed by atoms with Crippen molar-refractivity contribution in [3.8, 4) is 11.5 Å². The van der Waals surface area contributed by atoms with Crippen molar-refractivity contribution < 1.29 is 4.52 Å². The second-order valence-corrected chi connectivity index (χ2v) is 7.92. The smallest absolute Gasteiger partial charge is 0.260 e. The summed E-state index contributed by atoms with van der Waals surface area (Å²) in [4.78, 5) is 4.40. The molecule has 0 saturated heterocycles. The highest BCUT2D eigenvalue weighted by molar-refractivity contribution is 9.12. The largest absolute Gasteiger partial charge is 0.334 e. The van der Waals surface area contributed by atoms with Gasteiger partial charge in [0.15, 0.2) is 5.82 Å². The molecule has 2 aromatic heterocycles. The molecule has 17 heavy (non-hydrogen) atoms. The molecule has 1 fully saturated rings. The maximum atomic E-state index is 6.16. The molecule has 0 unspecified atom stereocenters. The predicted octanol–water partition coefficient (Wildman–Crippen LogP) is 3.66. The van der Waals surface area contributed by atoms with E-state index in [1.165, 1.54) is 0 Å². The summed E-state index contributed by atoms with van der Waals surface area (Å²) < 4.78 is 7.27. The Kier molecular flexibility index (Phi) is 2.89. The number of hydrogen-bond acceptors (Lipinski definition) is 5. The first kappa shape index (κ1) is 11.8. The average Bonchev–Trinajstić information content (AvgIpc) is 2.81. The number of halogens is 2. The van der Waals surface area contributed by atoms with E-state index in [0.717, 1.165) is 32.4 Å². The van der Waals surface area contributed by atoms with Crippen molar-refractivity contribution in [3.63, 3.8) is 0 Å². The first-order valence-corrected chi connectivity index (χ1v) is 7.57. The van der Waals surface area contributed by atoms with Gasteiger partial charge in [-0.15, -0.1) is 11.3 Å². The molecule has 0 amide bonds. The van der Waals surface area contributed by atoms with E-state index in [-0.39, 0.29) is 5.54 Å². The fourth-order valence-corrected chi connectivity index (χ4v) is 4.58. The third-order valence-electron chi connectivity index (χ3n) is 3.00. The third-order valence-corrected chi connectivity index (χ3v) is 5.34. The molecule has 0 radical (unpaired) electrons. The Morgan fingerprint density at radius 3 is 2.71 bits per heavy atom. The van der Waals surface area contributed by atoms with E-state index in [4.69, 9.17) is 10.3 Å². The maximum absolute atomic E-state index is 6.16. The lowest BCUT2D eigenvalue weighted by atomic mass is 9.77. The van der Waals surface area contributed by atoms with Crippen LogP contribution in [-0.2, 0) is 5.54 Å². The lowest BCUT2D eigenvalue weighted by Gasteiger charge is -2.34. The summed E-state index contributed by atoms with van der Waals surface area (Å²) >= 11 is 8.47. The molecule has 0 aromatic carbocycles. The van der Waals surface area contributed by atoms with Crippen LogP contribution in [0, 0.1) is 0 Å². The van der Waals surface area contributed by atoms with Gasteiger partial charge >= 0.3 is 0 Å². The fraction of sp³-hybridized carbons (Fsp3) is 0.400. The minimum atomic E-state index is -0.374. The molecule has 0 atom stereocenters. The lowest BCUT2D eigenvalue weighted by molar-refractivity contribution is 0.229. The summed E-state index contributed by atoms with van der Waals surface area (Å²) in [6.45, 7) is 0. The number of nitrogens with zero attached hydrogens (tertiary/aromatic N) is 2. The normalized spacial score (nSPS) is 18.1. The van der Waals surface area contributed by atoms with Gasteiger partial charge in [-0.05, 0) is 57.2 Å². The molecule has 0 aliphatic heterocycles. The van der Waals surface area contributed by atoms with E-state index in [0.29, 0.717) is 11.7 Å². The maximum Gasteiger partial charge on any atom is 0.260 e. The molecule has 1 aliphatic carbocycles. The molecule has 0 bridgehead atoms. The van der Waals surface area contributed by atoms with Gasteiger partial charge in [0.05, 0.1) is 18.7 Å². The van der Waals surface area contributed by atoms with Gasteiger partial charge in [0.1, 0.15) is 0 Å². The van der Waals surface area contributed by atoms with Crippen molar-refractivity contribution in [2.24, 2.45) is 5.73 Å². The second-order valence-electron chi connectivity index (χ2n) is 4.17. The molecule has 3 rings (SSSR count). The zero-order chi connectivity index (χ0) is 12.0. The average molecular weight is 379 g/mol. The molecule has 7 heteroatoms. The number of rotatable bonds is 2. The van der Waals surface area contributed by atoms with Crippen molar-refractivity contribution in [3.05, 3.63) is 19.5 Å². The highest BCUT2D eigenvalue weighted by atomic mass is 79.9. The molecule has 2 N–H and O–H groups in total. The van der Waals surface area contributed by atoms with Crippen molar-refractivity contribution in [1.29, 1.82) is 0 Å². The van der Waals surface area contributed by atoms with Crippen LogP contribution in [-0.4, -0.2) is 10.1 Å². The Hall–Kier alpha value is -0.240. The molecular weight excluding hydrogens is 370 g/mol. The Balaban J connectivity index is 1.97. The fourth-order valence-electron chi connectivity index (χ4n) is 1.80. The van der Waals surface area contributed by atoms with Crippen molar-refractivity contribution in [2.45, 2.75) is 24.8 Å². The Morgan fingerprint density at radius 2 is 2.18 bits per heavy atom. The Morgan fingerprint density at radius 1 is 1.41 bits per heavy atom. The quantitative estimate of drug-likeness (QED) is 0.865. The molecule has 2 aromatic rings. The molecule has 0 spiro atoms. The number of thiophene rings is 1. The van der Waals surface area contributed by atoms with Crippen LogP contribution in [0.1, 0.15) is 25.1 Å². The molecule has 2 heterocycles. The van der Waals surface area contributed by atoms with Crippen LogP contribution in [0.2, 0.25) is 0 Å². The van der Waals surface area contributed by atoms with Crippen LogP contribution in [0.25, 0.3) is 11.5 Å². The number of hydrogen-bond donors (Lipinski definition) is 1. The van der Waals surface area contributed by atoms with E-state index in [2.05, 4.69) is 42.0 Å². The Labute approximate surface area is 119 Å². The number of aromatic nitrogens is 2. The topological polar surface area (TPSA) is 64.9 Å². The van der Waals surface area contributed by atoms with E-state index in [1.54, 1.807) is 11.3 Å². The lowest BCUT2D eigenvalue weighted by Crippen LogP contribution is -2.44. The monoisotopic (exact) mass is 377 g/mol. The van der Waals surface area contributed by atoms with E-state index < -0.39 is 0 Å². The zero-order valence-electron chi connectivity index (χ0n) is 8.74. The van der Waals surface area contributed by atoms with Crippen LogP contribution >= 0.6 is 43.2 Å². The van der Waals surface area contributed by atoms with Gasteiger partial charge in [-0.1, -0.05) is 5.16 Å². The van der Waals surface area contributed by atoms with Gasteiger partial charge in [-0.3, -0.25) is 0 Å². The highest BCUT2D eigenvalue weighted by Crippen LogP contribution is 2.40. The summed E-state index contributed by atoms with van der Waals surface area (Å²) in [5.41, 5.74) is 6.69. The minimum Gasteiger partial charge on any atom is -0.334 e. The van der Waals surface area contributed by atoms with Crippen LogP contribution in [0.5, 0.6) is 0 Å². The molecule has 1 aliphatic rings. The van der Waals surface area contributed by atoms with E-state index in [1.807, 2.05) is 6.07 Å².